The van der Waals surface area contributed by atoms with Crippen LogP contribution in [-0.2, 0) is 14.3 Å². The molecule has 0 unspecified atom stereocenters. The number of hydrogen-bond donors (Lipinski definition) is 1. The molecule has 27 heavy (non-hydrogen) atoms. The third-order valence-corrected chi connectivity index (χ3v) is 5.57. The second-order valence-corrected chi connectivity index (χ2v) is 7.56. The van der Waals surface area contributed by atoms with Gasteiger partial charge in [-0.05, 0) is 42.5 Å². The number of carbonyl (C=O) groups is 1. The molecule has 1 aliphatic carbocycles. The Balaban J connectivity index is 1.26. The summed E-state index contributed by atoms with van der Waals surface area (Å²) in [7, 11) is 0. The standard InChI is InChI=1S/C20H24ClNO5/c21-16-11-15(12-17-19(16)25-8-7-24-17)1-2-18(23)22-13-14-3-5-20(6-4-14)26-9-10-27-20/h1-2,11-12,14H,3-10,13H2,(H,22,23)/b2-1-. The Morgan fingerprint density at radius 3 is 2.67 bits per heavy atom. The molecule has 1 N–H and O–H groups in total. The fourth-order valence-corrected chi connectivity index (χ4v) is 4.08. The van der Waals surface area contributed by atoms with Gasteiger partial charge < -0.3 is 24.3 Å². The molecule has 3 aliphatic rings. The molecular formula is C20H24ClNO5. The number of carbonyl (C=O) groups excluding carboxylic acids is 1. The van der Waals surface area contributed by atoms with Gasteiger partial charge in [-0.2, -0.15) is 0 Å². The van der Waals surface area contributed by atoms with Crippen molar-refractivity contribution in [2.75, 3.05) is 33.0 Å². The first-order chi connectivity index (χ1) is 13.1. The average Bonchev–Trinajstić information content (AvgIpc) is 3.14. The van der Waals surface area contributed by atoms with Crippen LogP contribution < -0.4 is 14.8 Å². The quantitative estimate of drug-likeness (QED) is 0.796. The van der Waals surface area contributed by atoms with Crippen LogP contribution in [0.3, 0.4) is 0 Å². The summed E-state index contributed by atoms with van der Waals surface area (Å²) >= 11 is 6.22. The van der Waals surface area contributed by atoms with E-state index < -0.39 is 0 Å². The van der Waals surface area contributed by atoms with Crippen molar-refractivity contribution in [2.45, 2.75) is 31.5 Å². The number of fused-ring (bicyclic) bond motifs is 1. The van der Waals surface area contributed by atoms with Crippen molar-refractivity contribution in [2.24, 2.45) is 5.92 Å². The van der Waals surface area contributed by atoms with Crippen LogP contribution in [0.4, 0.5) is 0 Å². The molecule has 7 heteroatoms. The van der Waals surface area contributed by atoms with Gasteiger partial charge in [0.1, 0.15) is 13.2 Å². The van der Waals surface area contributed by atoms with E-state index in [2.05, 4.69) is 5.32 Å². The van der Waals surface area contributed by atoms with Crippen molar-refractivity contribution in [1.29, 1.82) is 0 Å². The molecular weight excluding hydrogens is 370 g/mol. The molecule has 4 rings (SSSR count). The first kappa shape index (κ1) is 18.6. The predicted molar refractivity (Wildman–Crippen MR) is 101 cm³/mol. The Morgan fingerprint density at radius 1 is 1.15 bits per heavy atom. The highest BCUT2D eigenvalue weighted by Crippen LogP contribution is 2.39. The lowest BCUT2D eigenvalue weighted by Gasteiger charge is -2.35. The molecule has 0 atom stereocenters. The molecule has 146 valence electrons. The van der Waals surface area contributed by atoms with Gasteiger partial charge in [-0.15, -0.1) is 0 Å². The largest absolute Gasteiger partial charge is 0.486 e. The van der Waals surface area contributed by atoms with Crippen molar-refractivity contribution in [3.05, 3.63) is 28.8 Å². The molecule has 2 aliphatic heterocycles. The summed E-state index contributed by atoms with van der Waals surface area (Å²) in [5.74, 6) is 1.17. The second-order valence-electron chi connectivity index (χ2n) is 7.16. The lowest BCUT2D eigenvalue weighted by Crippen LogP contribution is -2.38. The number of benzene rings is 1. The van der Waals surface area contributed by atoms with Gasteiger partial charge >= 0.3 is 0 Å². The van der Waals surface area contributed by atoms with Gasteiger partial charge in [0.2, 0.25) is 5.91 Å². The topological polar surface area (TPSA) is 66.0 Å². The molecule has 6 nitrogen and oxygen atoms in total. The van der Waals surface area contributed by atoms with Gasteiger partial charge in [0.15, 0.2) is 17.3 Å². The Kier molecular flexibility index (Phi) is 5.57. The third kappa shape index (κ3) is 4.39. The summed E-state index contributed by atoms with van der Waals surface area (Å²) in [5.41, 5.74) is 0.800. The van der Waals surface area contributed by atoms with E-state index in [0.29, 0.717) is 55.4 Å². The van der Waals surface area contributed by atoms with Crippen molar-refractivity contribution in [3.63, 3.8) is 0 Å². The number of nitrogens with one attached hydrogen (secondary N) is 1. The monoisotopic (exact) mass is 393 g/mol. The van der Waals surface area contributed by atoms with Crippen LogP contribution in [0.25, 0.3) is 6.08 Å². The van der Waals surface area contributed by atoms with Gasteiger partial charge in [-0.3, -0.25) is 4.79 Å². The Labute approximate surface area is 163 Å². The van der Waals surface area contributed by atoms with Crippen molar-refractivity contribution >= 4 is 23.6 Å². The van der Waals surface area contributed by atoms with Crippen LogP contribution in [0, 0.1) is 5.92 Å². The Bertz CT molecular complexity index is 719. The van der Waals surface area contributed by atoms with Gasteiger partial charge in [-0.1, -0.05) is 11.6 Å². The lowest BCUT2D eigenvalue weighted by molar-refractivity contribution is -0.182. The number of rotatable bonds is 4. The first-order valence-corrected chi connectivity index (χ1v) is 9.84. The van der Waals surface area contributed by atoms with Crippen LogP contribution in [0.5, 0.6) is 11.5 Å². The molecule has 1 spiro atoms. The molecule has 0 bridgehead atoms. The lowest BCUT2D eigenvalue weighted by atomic mass is 9.85. The molecule has 1 aromatic carbocycles. The summed E-state index contributed by atoms with van der Waals surface area (Å²) in [6.07, 6.45) is 7.06. The van der Waals surface area contributed by atoms with E-state index in [9.17, 15) is 4.79 Å². The van der Waals surface area contributed by atoms with E-state index in [1.165, 1.54) is 6.08 Å². The number of hydrogen-bond acceptors (Lipinski definition) is 5. The van der Waals surface area contributed by atoms with E-state index in [1.54, 1.807) is 12.1 Å². The van der Waals surface area contributed by atoms with E-state index in [1.807, 2.05) is 6.07 Å². The minimum Gasteiger partial charge on any atom is -0.486 e. The summed E-state index contributed by atoms with van der Waals surface area (Å²) in [6.45, 7) is 3.04. The summed E-state index contributed by atoms with van der Waals surface area (Å²) < 4.78 is 22.5. The maximum absolute atomic E-state index is 12.1. The van der Waals surface area contributed by atoms with Gasteiger partial charge in [-0.25, -0.2) is 0 Å². The van der Waals surface area contributed by atoms with E-state index in [-0.39, 0.29) is 11.7 Å². The summed E-state index contributed by atoms with van der Waals surface area (Å²) in [6, 6.07) is 3.59. The first-order valence-electron chi connectivity index (χ1n) is 9.47. The molecule has 1 aromatic rings. The minimum atomic E-state index is -0.349. The van der Waals surface area contributed by atoms with E-state index >= 15 is 0 Å². The SMILES string of the molecule is O=C(/C=C\c1cc(Cl)c2c(c1)OCCO2)NCC1CCC2(CC1)OCCO2. The van der Waals surface area contributed by atoms with E-state index in [4.69, 9.17) is 30.5 Å². The Morgan fingerprint density at radius 2 is 1.89 bits per heavy atom. The predicted octanol–water partition coefficient (Wildman–Crippen LogP) is 3.17. The van der Waals surface area contributed by atoms with Crippen LogP contribution in [0.2, 0.25) is 5.02 Å². The fourth-order valence-electron chi connectivity index (χ4n) is 3.81. The minimum absolute atomic E-state index is 0.116. The van der Waals surface area contributed by atoms with Gasteiger partial charge in [0.25, 0.3) is 0 Å². The molecule has 2 fully saturated rings. The highest BCUT2D eigenvalue weighted by molar-refractivity contribution is 6.32. The number of halogens is 1. The smallest absolute Gasteiger partial charge is 0.244 e. The third-order valence-electron chi connectivity index (χ3n) is 5.29. The Hall–Kier alpha value is -1.76. The number of ether oxygens (including phenoxy) is 4. The van der Waals surface area contributed by atoms with Crippen LogP contribution in [0.1, 0.15) is 31.2 Å². The highest BCUT2D eigenvalue weighted by atomic mass is 35.5. The van der Waals surface area contributed by atoms with Crippen LogP contribution in [0.15, 0.2) is 18.2 Å². The molecule has 0 aromatic heterocycles. The van der Waals surface area contributed by atoms with Crippen LogP contribution in [-0.4, -0.2) is 44.7 Å². The summed E-state index contributed by atoms with van der Waals surface area (Å²) in [4.78, 5) is 12.1. The van der Waals surface area contributed by atoms with Crippen LogP contribution >= 0.6 is 11.6 Å². The highest BCUT2D eigenvalue weighted by Gasteiger charge is 2.40. The van der Waals surface area contributed by atoms with Crippen molar-refractivity contribution in [1.82, 2.24) is 5.32 Å². The maximum Gasteiger partial charge on any atom is 0.244 e. The zero-order valence-corrected chi connectivity index (χ0v) is 15.9. The normalized spacial score (nSPS) is 21.7. The molecule has 2 heterocycles. The van der Waals surface area contributed by atoms with Gasteiger partial charge in [0.05, 0.1) is 18.2 Å². The van der Waals surface area contributed by atoms with Crippen molar-refractivity contribution < 1.29 is 23.7 Å². The zero-order valence-electron chi connectivity index (χ0n) is 15.2. The second kappa shape index (κ2) is 8.09. The molecule has 1 amide bonds. The van der Waals surface area contributed by atoms with E-state index in [0.717, 1.165) is 31.2 Å². The number of amides is 1. The zero-order chi connectivity index (χ0) is 18.7. The van der Waals surface area contributed by atoms with Gasteiger partial charge in [0, 0.05) is 25.5 Å². The summed E-state index contributed by atoms with van der Waals surface area (Å²) in [5, 5.41) is 3.47. The maximum atomic E-state index is 12.1. The molecule has 1 saturated carbocycles. The fraction of sp³-hybridized carbons (Fsp3) is 0.550. The van der Waals surface area contributed by atoms with Crippen molar-refractivity contribution in [3.8, 4) is 11.5 Å². The molecule has 0 radical (unpaired) electrons. The average molecular weight is 394 g/mol. The molecule has 1 saturated heterocycles.